The first kappa shape index (κ1) is 19.4. The fourth-order valence-electron chi connectivity index (χ4n) is 2.30. The Hall–Kier alpha value is -2.65. The van der Waals surface area contributed by atoms with E-state index in [-0.39, 0.29) is 0 Å². The highest BCUT2D eigenvalue weighted by atomic mass is 19.4. The molecule has 0 radical (unpaired) electrons. The molecule has 1 unspecified atom stereocenters. The second-order valence-electron chi connectivity index (χ2n) is 4.88. The van der Waals surface area contributed by atoms with Gasteiger partial charge in [0.25, 0.3) is 11.4 Å². The van der Waals surface area contributed by atoms with Crippen molar-refractivity contribution in [3.05, 3.63) is 24.2 Å². The molecule has 0 aliphatic rings. The molecule has 1 amide bonds. The Balaban J connectivity index is 3.58. The van der Waals surface area contributed by atoms with Crippen LogP contribution in [-0.2, 0) is 19.1 Å². The zero-order chi connectivity index (χ0) is 18.7. The molecule has 1 aromatic heterocycles. The number of hydrogen-bond acceptors (Lipinski definition) is 6. The van der Waals surface area contributed by atoms with Crippen molar-refractivity contribution in [2.45, 2.75) is 25.6 Å². The molecule has 0 bridgehead atoms. The zero-order valence-electron chi connectivity index (χ0n) is 12.9. The second kappa shape index (κ2) is 6.85. The van der Waals surface area contributed by atoms with Gasteiger partial charge in [0.2, 0.25) is 0 Å². The van der Waals surface area contributed by atoms with Crippen molar-refractivity contribution >= 4 is 23.4 Å². The summed E-state index contributed by atoms with van der Waals surface area (Å²) in [7, 11) is 0.638. The quantitative estimate of drug-likeness (QED) is 0.613. The number of Topliss-reactive ketones (excluding diaryl/α,β-unsaturated/α-hetero) is 2. The standard InChI is InChI=1S/C14H14F3NO6/c1-7(19)10(8(2)20)13(12(22)23-3,14(15,16)17)18-11(21)9-5-4-6-24-9/h4-6,10H,1-3H3,(H,18,21). The van der Waals surface area contributed by atoms with Crippen LogP contribution in [0.15, 0.2) is 22.8 Å². The summed E-state index contributed by atoms with van der Waals surface area (Å²) in [6, 6.07) is 2.28. The third kappa shape index (κ3) is 3.31. The van der Waals surface area contributed by atoms with E-state index in [4.69, 9.17) is 0 Å². The van der Waals surface area contributed by atoms with Crippen molar-refractivity contribution in [3.8, 4) is 0 Å². The normalized spacial score (nSPS) is 14.0. The Kier molecular flexibility index (Phi) is 5.54. The van der Waals surface area contributed by atoms with Crippen molar-refractivity contribution in [1.29, 1.82) is 0 Å². The van der Waals surface area contributed by atoms with Crippen LogP contribution in [0.1, 0.15) is 24.4 Å². The van der Waals surface area contributed by atoms with Gasteiger partial charge in [0.15, 0.2) is 5.76 Å². The summed E-state index contributed by atoms with van der Waals surface area (Å²) in [6.07, 6.45) is -4.47. The smallest absolute Gasteiger partial charge is 0.423 e. The molecule has 132 valence electrons. The maximum absolute atomic E-state index is 13.7. The van der Waals surface area contributed by atoms with E-state index in [2.05, 4.69) is 9.15 Å². The van der Waals surface area contributed by atoms with Gasteiger partial charge in [0.05, 0.1) is 13.4 Å². The predicted molar refractivity (Wildman–Crippen MR) is 71.8 cm³/mol. The summed E-state index contributed by atoms with van der Waals surface area (Å²) < 4.78 is 50.0. The molecule has 0 fully saturated rings. The van der Waals surface area contributed by atoms with Crippen LogP contribution in [0.3, 0.4) is 0 Å². The third-order valence-electron chi connectivity index (χ3n) is 3.26. The lowest BCUT2D eigenvalue weighted by Crippen LogP contribution is -2.71. The van der Waals surface area contributed by atoms with Gasteiger partial charge in [0.1, 0.15) is 17.5 Å². The van der Waals surface area contributed by atoms with Crippen LogP contribution in [0.5, 0.6) is 0 Å². The Labute approximate surface area is 134 Å². The van der Waals surface area contributed by atoms with Crippen LogP contribution in [0.4, 0.5) is 13.2 Å². The molecule has 7 nitrogen and oxygen atoms in total. The molecule has 24 heavy (non-hydrogen) atoms. The number of amides is 1. The minimum Gasteiger partial charge on any atom is -0.467 e. The van der Waals surface area contributed by atoms with Gasteiger partial charge >= 0.3 is 12.1 Å². The SMILES string of the molecule is COC(=O)C(NC(=O)c1ccco1)(C(C(C)=O)C(C)=O)C(F)(F)F. The summed E-state index contributed by atoms with van der Waals surface area (Å²) in [5.41, 5.74) is -3.87. The van der Waals surface area contributed by atoms with E-state index in [9.17, 15) is 32.3 Å². The number of methoxy groups -OCH3 is 1. The molecule has 0 aromatic carbocycles. The lowest BCUT2D eigenvalue weighted by molar-refractivity contribution is -0.220. The van der Waals surface area contributed by atoms with E-state index < -0.39 is 46.8 Å². The average molecular weight is 349 g/mol. The first-order valence-corrected chi connectivity index (χ1v) is 6.51. The van der Waals surface area contributed by atoms with E-state index in [1.165, 1.54) is 11.4 Å². The highest BCUT2D eigenvalue weighted by molar-refractivity contribution is 6.09. The van der Waals surface area contributed by atoms with E-state index in [1.54, 1.807) is 0 Å². The topological polar surface area (TPSA) is 103 Å². The number of esters is 1. The molecule has 0 aliphatic carbocycles. The van der Waals surface area contributed by atoms with Crippen LogP contribution in [0.25, 0.3) is 0 Å². The zero-order valence-corrected chi connectivity index (χ0v) is 12.9. The van der Waals surface area contributed by atoms with Gasteiger partial charge in [-0.05, 0) is 26.0 Å². The van der Waals surface area contributed by atoms with Crippen LogP contribution in [0.2, 0.25) is 0 Å². The number of carbonyl (C=O) groups excluding carboxylic acids is 4. The average Bonchev–Trinajstić information content (AvgIpc) is 2.97. The van der Waals surface area contributed by atoms with E-state index >= 15 is 0 Å². The van der Waals surface area contributed by atoms with E-state index in [0.717, 1.165) is 12.3 Å². The fraction of sp³-hybridized carbons (Fsp3) is 0.429. The van der Waals surface area contributed by atoms with E-state index in [1.807, 2.05) is 0 Å². The highest BCUT2D eigenvalue weighted by Gasteiger charge is 2.69. The summed E-state index contributed by atoms with van der Waals surface area (Å²) in [5.74, 6) is -9.00. The Morgan fingerprint density at radius 1 is 1.17 bits per heavy atom. The highest BCUT2D eigenvalue weighted by Crippen LogP contribution is 2.39. The molecule has 1 N–H and O–H groups in total. The molecule has 1 atom stereocenters. The molecule has 0 saturated carbocycles. The van der Waals surface area contributed by atoms with Crippen molar-refractivity contribution in [2.75, 3.05) is 7.11 Å². The maximum atomic E-state index is 13.7. The number of carbonyl (C=O) groups is 4. The molecular weight excluding hydrogens is 335 g/mol. The number of furan rings is 1. The van der Waals surface area contributed by atoms with Crippen LogP contribution < -0.4 is 5.32 Å². The number of nitrogens with one attached hydrogen (secondary N) is 1. The molecule has 1 aromatic rings. The number of ether oxygens (including phenoxy) is 1. The Morgan fingerprint density at radius 3 is 2.04 bits per heavy atom. The summed E-state index contributed by atoms with van der Waals surface area (Å²) in [5, 5.41) is 1.41. The molecular formula is C14H14F3NO6. The number of alkyl halides is 3. The monoisotopic (exact) mass is 349 g/mol. The van der Waals surface area contributed by atoms with Crippen molar-refractivity contribution < 1.29 is 41.5 Å². The molecule has 0 saturated heterocycles. The summed E-state index contributed by atoms with van der Waals surface area (Å²) >= 11 is 0. The fourth-order valence-corrected chi connectivity index (χ4v) is 2.30. The molecule has 10 heteroatoms. The second-order valence-corrected chi connectivity index (χ2v) is 4.88. The Morgan fingerprint density at radius 2 is 1.71 bits per heavy atom. The van der Waals surface area contributed by atoms with Gasteiger partial charge in [-0.1, -0.05) is 0 Å². The minimum absolute atomic E-state index is 0.543. The molecule has 0 spiro atoms. The van der Waals surface area contributed by atoms with Crippen molar-refractivity contribution in [2.24, 2.45) is 5.92 Å². The number of halogens is 3. The Bertz CT molecular complexity index is 638. The maximum Gasteiger partial charge on any atom is 0.423 e. The number of ketones is 2. The first-order chi connectivity index (χ1) is 11.0. The molecule has 1 rings (SSSR count). The minimum atomic E-state index is -5.50. The van der Waals surface area contributed by atoms with Gasteiger partial charge in [-0.15, -0.1) is 0 Å². The molecule has 1 heterocycles. The van der Waals surface area contributed by atoms with Crippen LogP contribution in [-0.4, -0.2) is 42.3 Å². The summed E-state index contributed by atoms with van der Waals surface area (Å²) in [4.78, 5) is 47.3. The third-order valence-corrected chi connectivity index (χ3v) is 3.26. The number of rotatable bonds is 6. The van der Waals surface area contributed by atoms with Crippen LogP contribution in [0, 0.1) is 5.92 Å². The van der Waals surface area contributed by atoms with Gasteiger partial charge < -0.3 is 14.5 Å². The first-order valence-electron chi connectivity index (χ1n) is 6.51. The number of hydrogen-bond donors (Lipinski definition) is 1. The van der Waals surface area contributed by atoms with Gasteiger partial charge in [-0.3, -0.25) is 14.4 Å². The predicted octanol–water partition coefficient (Wildman–Crippen LogP) is 1.28. The summed E-state index contributed by atoms with van der Waals surface area (Å²) in [6.45, 7) is 1.41. The largest absolute Gasteiger partial charge is 0.467 e. The van der Waals surface area contributed by atoms with E-state index in [0.29, 0.717) is 21.0 Å². The van der Waals surface area contributed by atoms with Crippen molar-refractivity contribution in [3.63, 3.8) is 0 Å². The lowest BCUT2D eigenvalue weighted by atomic mass is 9.77. The lowest BCUT2D eigenvalue weighted by Gasteiger charge is -2.37. The van der Waals surface area contributed by atoms with Gasteiger partial charge in [-0.2, -0.15) is 13.2 Å². The van der Waals surface area contributed by atoms with Gasteiger partial charge in [-0.25, -0.2) is 4.79 Å². The van der Waals surface area contributed by atoms with Crippen molar-refractivity contribution in [1.82, 2.24) is 5.32 Å². The molecule has 0 aliphatic heterocycles. The van der Waals surface area contributed by atoms with Gasteiger partial charge in [0, 0.05) is 0 Å². The van der Waals surface area contributed by atoms with Crippen LogP contribution >= 0.6 is 0 Å².